The highest BCUT2D eigenvalue weighted by Crippen LogP contribution is 2.46. The number of likely N-dealkylation sites (tertiary alicyclic amines) is 1. The Morgan fingerprint density at radius 3 is 2.46 bits per heavy atom. The average Bonchev–Trinajstić information content (AvgIpc) is 3.33. The number of carbonyl (C=O) groups is 2. The standard InChI is InChI=1S/C21H28N2O3/c1-26-17-7-5-16(6-8-17)21(10-2-3-11-21)19(25)23-14-12-20(15-23)9-4-13-22-18(20)24/h5-8H,2-4,9-15H2,1H3,(H,22,24)/t20-/m1/s1. The summed E-state index contributed by atoms with van der Waals surface area (Å²) in [5.74, 6) is 1.17. The van der Waals surface area contributed by atoms with Crippen LogP contribution in [0.4, 0.5) is 0 Å². The molecule has 2 heterocycles. The van der Waals surface area contributed by atoms with E-state index in [2.05, 4.69) is 5.32 Å². The zero-order chi connectivity index (χ0) is 18.2. The van der Waals surface area contributed by atoms with Gasteiger partial charge in [-0.2, -0.15) is 0 Å². The van der Waals surface area contributed by atoms with Crippen molar-refractivity contribution in [3.8, 4) is 5.75 Å². The molecule has 1 spiro atoms. The molecule has 4 rings (SSSR count). The van der Waals surface area contributed by atoms with Crippen LogP contribution in [0.1, 0.15) is 50.5 Å². The van der Waals surface area contributed by atoms with Gasteiger partial charge in [-0.3, -0.25) is 9.59 Å². The molecule has 3 fully saturated rings. The maximum absolute atomic E-state index is 13.6. The van der Waals surface area contributed by atoms with Crippen molar-refractivity contribution >= 4 is 11.8 Å². The number of methoxy groups -OCH3 is 1. The monoisotopic (exact) mass is 356 g/mol. The molecule has 1 saturated carbocycles. The first-order valence-corrected chi connectivity index (χ1v) is 9.82. The van der Waals surface area contributed by atoms with Crippen molar-refractivity contribution < 1.29 is 14.3 Å². The van der Waals surface area contributed by atoms with Gasteiger partial charge in [0.2, 0.25) is 11.8 Å². The first-order valence-electron chi connectivity index (χ1n) is 9.82. The molecular formula is C21H28N2O3. The van der Waals surface area contributed by atoms with E-state index in [9.17, 15) is 9.59 Å². The van der Waals surface area contributed by atoms with Crippen LogP contribution in [0.5, 0.6) is 5.75 Å². The highest BCUT2D eigenvalue weighted by Gasteiger charge is 2.51. The number of nitrogens with one attached hydrogen (secondary N) is 1. The van der Waals surface area contributed by atoms with E-state index in [4.69, 9.17) is 4.74 Å². The van der Waals surface area contributed by atoms with Gasteiger partial charge in [0.15, 0.2) is 0 Å². The Balaban J connectivity index is 1.59. The van der Waals surface area contributed by atoms with Crippen LogP contribution in [0, 0.1) is 5.41 Å². The second-order valence-corrected chi connectivity index (χ2v) is 8.13. The summed E-state index contributed by atoms with van der Waals surface area (Å²) in [4.78, 5) is 28.1. The second-order valence-electron chi connectivity index (χ2n) is 8.13. The minimum atomic E-state index is -0.428. The second kappa shape index (κ2) is 6.60. The van der Waals surface area contributed by atoms with Crippen LogP contribution >= 0.6 is 0 Å². The van der Waals surface area contributed by atoms with Gasteiger partial charge in [-0.25, -0.2) is 0 Å². The van der Waals surface area contributed by atoms with Gasteiger partial charge in [0.05, 0.1) is 17.9 Å². The summed E-state index contributed by atoms with van der Waals surface area (Å²) in [6.45, 7) is 2.05. The number of ether oxygens (including phenoxy) is 1. The van der Waals surface area contributed by atoms with Gasteiger partial charge >= 0.3 is 0 Å². The lowest BCUT2D eigenvalue weighted by atomic mass is 9.77. The molecule has 2 aliphatic heterocycles. The molecule has 1 aromatic rings. The molecule has 26 heavy (non-hydrogen) atoms. The SMILES string of the molecule is COc1ccc(C2(C(=O)N3CC[C@]4(CCCNC4=O)C3)CCCC2)cc1. The number of amides is 2. The van der Waals surface area contributed by atoms with Crippen LogP contribution in [-0.4, -0.2) is 43.5 Å². The Morgan fingerprint density at radius 2 is 1.81 bits per heavy atom. The molecule has 0 aromatic heterocycles. The fourth-order valence-corrected chi connectivity index (χ4v) is 5.18. The molecule has 0 radical (unpaired) electrons. The lowest BCUT2D eigenvalue weighted by molar-refractivity contribution is -0.138. The summed E-state index contributed by atoms with van der Waals surface area (Å²) >= 11 is 0. The third-order valence-electron chi connectivity index (χ3n) is 6.75. The molecule has 1 N–H and O–H groups in total. The summed E-state index contributed by atoms with van der Waals surface area (Å²) in [7, 11) is 1.66. The van der Waals surface area contributed by atoms with Crippen molar-refractivity contribution in [3.05, 3.63) is 29.8 Å². The number of rotatable bonds is 3. The fraction of sp³-hybridized carbons (Fsp3) is 0.619. The highest BCUT2D eigenvalue weighted by molar-refractivity contribution is 5.91. The number of piperidine rings is 1. The molecule has 1 atom stereocenters. The van der Waals surface area contributed by atoms with Gasteiger partial charge in [-0.05, 0) is 49.8 Å². The third kappa shape index (κ3) is 2.68. The van der Waals surface area contributed by atoms with Gasteiger partial charge in [0.25, 0.3) is 0 Å². The van der Waals surface area contributed by atoms with Gasteiger partial charge in [0.1, 0.15) is 5.75 Å². The largest absolute Gasteiger partial charge is 0.497 e. The Hall–Kier alpha value is -2.04. The summed E-state index contributed by atoms with van der Waals surface area (Å²) in [6.07, 6.45) is 6.66. The summed E-state index contributed by atoms with van der Waals surface area (Å²) in [5.41, 5.74) is 0.311. The van der Waals surface area contributed by atoms with Gasteiger partial charge in [0, 0.05) is 19.6 Å². The van der Waals surface area contributed by atoms with Crippen LogP contribution < -0.4 is 10.1 Å². The zero-order valence-electron chi connectivity index (χ0n) is 15.6. The molecule has 1 aromatic carbocycles. The molecular weight excluding hydrogens is 328 g/mol. The van der Waals surface area contributed by atoms with Crippen molar-refractivity contribution in [3.63, 3.8) is 0 Å². The van der Waals surface area contributed by atoms with Crippen LogP contribution in [0.15, 0.2) is 24.3 Å². The average molecular weight is 356 g/mol. The maximum atomic E-state index is 13.6. The van der Waals surface area contributed by atoms with E-state index in [0.29, 0.717) is 13.1 Å². The smallest absolute Gasteiger partial charge is 0.233 e. The normalized spacial score (nSPS) is 27.6. The number of nitrogens with zero attached hydrogens (tertiary/aromatic N) is 1. The molecule has 0 bridgehead atoms. The first-order chi connectivity index (χ1) is 12.6. The molecule has 1 aliphatic carbocycles. The quantitative estimate of drug-likeness (QED) is 0.906. The van der Waals surface area contributed by atoms with E-state index in [-0.39, 0.29) is 17.2 Å². The minimum Gasteiger partial charge on any atom is -0.497 e. The van der Waals surface area contributed by atoms with Crippen molar-refractivity contribution in [2.75, 3.05) is 26.7 Å². The van der Waals surface area contributed by atoms with E-state index < -0.39 is 5.41 Å². The number of hydrogen-bond donors (Lipinski definition) is 1. The predicted octanol–water partition coefficient (Wildman–Crippen LogP) is 2.64. The summed E-state index contributed by atoms with van der Waals surface area (Å²) in [6, 6.07) is 7.98. The van der Waals surface area contributed by atoms with E-state index in [1.807, 2.05) is 29.2 Å². The van der Waals surface area contributed by atoms with Crippen LogP contribution in [0.2, 0.25) is 0 Å². The summed E-state index contributed by atoms with van der Waals surface area (Å²) in [5, 5.41) is 3.01. The maximum Gasteiger partial charge on any atom is 0.233 e. The molecule has 2 saturated heterocycles. The van der Waals surface area contributed by atoms with E-state index in [1.54, 1.807) is 7.11 Å². The Labute approximate surface area is 155 Å². The molecule has 0 unspecified atom stereocenters. The molecule has 140 valence electrons. The molecule has 3 aliphatic rings. The van der Waals surface area contributed by atoms with Crippen molar-refractivity contribution in [1.82, 2.24) is 10.2 Å². The van der Waals surface area contributed by atoms with E-state index >= 15 is 0 Å². The topological polar surface area (TPSA) is 58.6 Å². The Bertz CT molecular complexity index is 694. The van der Waals surface area contributed by atoms with Crippen LogP contribution in [0.3, 0.4) is 0 Å². The van der Waals surface area contributed by atoms with Gasteiger partial charge < -0.3 is 15.0 Å². The van der Waals surface area contributed by atoms with E-state index in [0.717, 1.165) is 62.8 Å². The van der Waals surface area contributed by atoms with Crippen molar-refractivity contribution in [1.29, 1.82) is 0 Å². The summed E-state index contributed by atoms with van der Waals surface area (Å²) < 4.78 is 5.27. The number of carbonyl (C=O) groups excluding carboxylic acids is 2. The zero-order valence-corrected chi connectivity index (χ0v) is 15.6. The first kappa shape index (κ1) is 17.4. The molecule has 5 nitrogen and oxygen atoms in total. The number of hydrogen-bond acceptors (Lipinski definition) is 3. The van der Waals surface area contributed by atoms with Crippen molar-refractivity contribution in [2.45, 2.75) is 50.4 Å². The Kier molecular flexibility index (Phi) is 4.41. The Morgan fingerprint density at radius 1 is 1.08 bits per heavy atom. The van der Waals surface area contributed by atoms with Crippen LogP contribution in [0.25, 0.3) is 0 Å². The van der Waals surface area contributed by atoms with Crippen LogP contribution in [-0.2, 0) is 15.0 Å². The van der Waals surface area contributed by atoms with E-state index in [1.165, 1.54) is 0 Å². The van der Waals surface area contributed by atoms with Crippen molar-refractivity contribution in [2.24, 2.45) is 5.41 Å². The molecule has 5 heteroatoms. The third-order valence-corrected chi connectivity index (χ3v) is 6.75. The lowest BCUT2D eigenvalue weighted by Crippen LogP contribution is -2.50. The fourth-order valence-electron chi connectivity index (χ4n) is 5.18. The number of benzene rings is 1. The lowest BCUT2D eigenvalue weighted by Gasteiger charge is -2.35. The predicted molar refractivity (Wildman–Crippen MR) is 99.0 cm³/mol. The van der Waals surface area contributed by atoms with Gasteiger partial charge in [-0.1, -0.05) is 25.0 Å². The minimum absolute atomic E-state index is 0.143. The highest BCUT2D eigenvalue weighted by atomic mass is 16.5. The van der Waals surface area contributed by atoms with Gasteiger partial charge in [-0.15, -0.1) is 0 Å². The molecule has 2 amide bonds.